The van der Waals surface area contributed by atoms with E-state index in [1.165, 1.54) is 6.20 Å². The average Bonchev–Trinajstić information content (AvgIpc) is 2.78. The van der Waals surface area contributed by atoms with Crippen LogP contribution in [-0.2, 0) is 0 Å². The van der Waals surface area contributed by atoms with E-state index in [2.05, 4.69) is 19.8 Å². The van der Waals surface area contributed by atoms with E-state index in [-0.39, 0.29) is 5.69 Å². The minimum atomic E-state index is -1.04. The maximum atomic E-state index is 10.8. The van der Waals surface area contributed by atoms with Crippen molar-refractivity contribution in [1.29, 1.82) is 0 Å². The van der Waals surface area contributed by atoms with Gasteiger partial charge in [0.1, 0.15) is 5.82 Å². The molecule has 0 saturated carbocycles. The number of anilines is 1. The molecule has 1 aromatic rings. The number of carboxylic acids is 1. The van der Waals surface area contributed by atoms with Crippen LogP contribution in [-0.4, -0.2) is 59.2 Å². The number of aromatic carboxylic acids is 1. The fourth-order valence-electron chi connectivity index (χ4n) is 1.98. The normalized spacial score (nSPS) is 19.9. The zero-order valence-corrected chi connectivity index (χ0v) is 10.00. The lowest BCUT2D eigenvalue weighted by atomic mass is 10.2. The van der Waals surface area contributed by atoms with E-state index < -0.39 is 5.97 Å². The Morgan fingerprint density at radius 3 is 2.88 bits per heavy atom. The molecular formula is C11H16N4O2. The highest BCUT2D eigenvalue weighted by atomic mass is 16.4. The topological polar surface area (TPSA) is 69.6 Å². The van der Waals surface area contributed by atoms with Gasteiger partial charge >= 0.3 is 5.97 Å². The van der Waals surface area contributed by atoms with Crippen molar-refractivity contribution in [2.75, 3.05) is 32.1 Å². The van der Waals surface area contributed by atoms with E-state index >= 15 is 0 Å². The number of nitrogens with zero attached hydrogens (tertiary/aromatic N) is 4. The Kier molecular flexibility index (Phi) is 3.23. The molecule has 1 saturated heterocycles. The largest absolute Gasteiger partial charge is 0.476 e. The third-order valence-corrected chi connectivity index (χ3v) is 3.06. The van der Waals surface area contributed by atoms with Gasteiger partial charge in [0.05, 0.1) is 12.4 Å². The molecule has 1 aliphatic heterocycles. The predicted octanol–water partition coefficient (Wildman–Crippen LogP) is 0.315. The maximum Gasteiger partial charge on any atom is 0.356 e. The fraction of sp³-hybridized carbons (Fsp3) is 0.545. The van der Waals surface area contributed by atoms with Crippen molar-refractivity contribution in [3.63, 3.8) is 0 Å². The summed E-state index contributed by atoms with van der Waals surface area (Å²) in [7, 11) is 4.10. The number of hydrogen-bond acceptors (Lipinski definition) is 5. The highest BCUT2D eigenvalue weighted by Gasteiger charge is 2.25. The summed E-state index contributed by atoms with van der Waals surface area (Å²) in [6.07, 6.45) is 3.95. The lowest BCUT2D eigenvalue weighted by molar-refractivity contribution is 0.0690. The third kappa shape index (κ3) is 2.52. The quantitative estimate of drug-likeness (QED) is 0.814. The van der Waals surface area contributed by atoms with E-state index in [0.717, 1.165) is 19.5 Å². The van der Waals surface area contributed by atoms with E-state index in [4.69, 9.17) is 5.11 Å². The van der Waals surface area contributed by atoms with E-state index in [1.54, 1.807) is 6.20 Å². The Bertz CT molecular complexity index is 422. The van der Waals surface area contributed by atoms with Gasteiger partial charge in [0, 0.05) is 19.1 Å². The van der Waals surface area contributed by atoms with Crippen molar-refractivity contribution in [1.82, 2.24) is 14.9 Å². The predicted molar refractivity (Wildman–Crippen MR) is 63.3 cm³/mol. The van der Waals surface area contributed by atoms with Gasteiger partial charge in [0.15, 0.2) is 5.69 Å². The van der Waals surface area contributed by atoms with Crippen molar-refractivity contribution < 1.29 is 9.90 Å². The summed E-state index contributed by atoms with van der Waals surface area (Å²) in [4.78, 5) is 23.1. The summed E-state index contributed by atoms with van der Waals surface area (Å²) in [6.45, 7) is 1.76. The average molecular weight is 236 g/mol. The summed E-state index contributed by atoms with van der Waals surface area (Å²) in [5.41, 5.74) is -0.00389. The number of carbonyl (C=O) groups is 1. The zero-order chi connectivity index (χ0) is 12.4. The van der Waals surface area contributed by atoms with Crippen LogP contribution in [0.3, 0.4) is 0 Å². The summed E-state index contributed by atoms with van der Waals surface area (Å²) in [5.74, 6) is -0.392. The Balaban J connectivity index is 2.13. The molecule has 1 atom stereocenters. The standard InChI is InChI=1S/C11H16N4O2/c1-14(2)8-3-4-15(7-8)10-6-12-5-9(13-10)11(16)17/h5-6,8H,3-4,7H2,1-2H3,(H,16,17). The number of likely N-dealkylation sites (N-methyl/N-ethyl adjacent to an activating group) is 1. The minimum Gasteiger partial charge on any atom is -0.476 e. The van der Waals surface area contributed by atoms with Crippen molar-refractivity contribution in [2.24, 2.45) is 0 Å². The van der Waals surface area contributed by atoms with Gasteiger partial charge in [-0.25, -0.2) is 9.78 Å². The monoisotopic (exact) mass is 236 g/mol. The molecular weight excluding hydrogens is 220 g/mol. The summed E-state index contributed by atoms with van der Waals surface area (Å²) in [6, 6.07) is 0.491. The van der Waals surface area contributed by atoms with E-state index in [9.17, 15) is 4.79 Å². The molecule has 0 aromatic carbocycles. The molecule has 0 radical (unpaired) electrons. The molecule has 0 aliphatic carbocycles. The number of rotatable bonds is 3. The SMILES string of the molecule is CN(C)C1CCN(c2cncc(C(=O)O)n2)C1. The van der Waals surface area contributed by atoms with Crippen LogP contribution in [0.5, 0.6) is 0 Å². The molecule has 1 aromatic heterocycles. The van der Waals surface area contributed by atoms with Crippen LogP contribution in [0.4, 0.5) is 5.82 Å². The highest BCUT2D eigenvalue weighted by molar-refractivity contribution is 5.85. The Morgan fingerprint density at radius 2 is 2.29 bits per heavy atom. The molecule has 2 heterocycles. The molecule has 1 fully saturated rings. The first-order valence-electron chi connectivity index (χ1n) is 5.54. The summed E-state index contributed by atoms with van der Waals surface area (Å²) >= 11 is 0. The van der Waals surface area contributed by atoms with Crippen LogP contribution < -0.4 is 4.90 Å². The van der Waals surface area contributed by atoms with Gasteiger partial charge in [0.2, 0.25) is 0 Å². The van der Waals surface area contributed by atoms with Gasteiger partial charge in [-0.3, -0.25) is 4.98 Å². The van der Waals surface area contributed by atoms with Crippen LogP contribution in [0.1, 0.15) is 16.9 Å². The number of aromatic nitrogens is 2. The molecule has 1 unspecified atom stereocenters. The summed E-state index contributed by atoms with van der Waals surface area (Å²) in [5, 5.41) is 8.86. The lowest BCUT2D eigenvalue weighted by Crippen LogP contribution is -2.31. The van der Waals surface area contributed by atoms with Crippen molar-refractivity contribution >= 4 is 11.8 Å². The number of carboxylic acid groups (broad SMARTS) is 1. The molecule has 6 heteroatoms. The van der Waals surface area contributed by atoms with Crippen LogP contribution in [0.15, 0.2) is 12.4 Å². The van der Waals surface area contributed by atoms with Gasteiger partial charge in [0.25, 0.3) is 0 Å². The fourth-order valence-corrected chi connectivity index (χ4v) is 1.98. The first-order valence-corrected chi connectivity index (χ1v) is 5.54. The zero-order valence-electron chi connectivity index (χ0n) is 10.00. The van der Waals surface area contributed by atoms with E-state index in [0.29, 0.717) is 11.9 Å². The Labute approximate surface area is 99.9 Å². The first-order chi connectivity index (χ1) is 8.08. The second-order valence-electron chi connectivity index (χ2n) is 4.42. The Morgan fingerprint density at radius 1 is 1.53 bits per heavy atom. The van der Waals surface area contributed by atoms with Crippen LogP contribution >= 0.6 is 0 Å². The molecule has 92 valence electrons. The maximum absolute atomic E-state index is 10.8. The molecule has 6 nitrogen and oxygen atoms in total. The lowest BCUT2D eigenvalue weighted by Gasteiger charge is -2.20. The molecule has 0 amide bonds. The van der Waals surface area contributed by atoms with Gasteiger partial charge in [-0.1, -0.05) is 0 Å². The molecule has 1 aliphatic rings. The molecule has 1 N–H and O–H groups in total. The smallest absolute Gasteiger partial charge is 0.356 e. The van der Waals surface area contributed by atoms with Crippen LogP contribution in [0.2, 0.25) is 0 Å². The van der Waals surface area contributed by atoms with Gasteiger partial charge in [-0.05, 0) is 20.5 Å². The molecule has 0 bridgehead atoms. The third-order valence-electron chi connectivity index (χ3n) is 3.06. The number of hydrogen-bond donors (Lipinski definition) is 1. The van der Waals surface area contributed by atoms with Gasteiger partial charge < -0.3 is 14.9 Å². The Hall–Kier alpha value is -1.69. The first kappa shape index (κ1) is 11.8. The van der Waals surface area contributed by atoms with Crippen molar-refractivity contribution in [3.8, 4) is 0 Å². The van der Waals surface area contributed by atoms with Crippen LogP contribution in [0.25, 0.3) is 0 Å². The highest BCUT2D eigenvalue weighted by Crippen LogP contribution is 2.19. The van der Waals surface area contributed by atoms with Gasteiger partial charge in [-0.15, -0.1) is 0 Å². The van der Waals surface area contributed by atoms with Crippen molar-refractivity contribution in [2.45, 2.75) is 12.5 Å². The van der Waals surface area contributed by atoms with Crippen LogP contribution in [0, 0.1) is 0 Å². The second kappa shape index (κ2) is 4.67. The summed E-state index contributed by atoms with van der Waals surface area (Å²) < 4.78 is 0. The van der Waals surface area contributed by atoms with Crippen molar-refractivity contribution in [3.05, 3.63) is 18.1 Å². The molecule has 2 rings (SSSR count). The molecule has 0 spiro atoms. The van der Waals surface area contributed by atoms with E-state index in [1.807, 2.05) is 14.1 Å². The minimum absolute atomic E-state index is 0.00389. The molecule has 17 heavy (non-hydrogen) atoms. The second-order valence-corrected chi connectivity index (χ2v) is 4.42. The van der Waals surface area contributed by atoms with Gasteiger partial charge in [-0.2, -0.15) is 0 Å².